The van der Waals surface area contributed by atoms with Crippen LogP contribution in [0, 0.1) is 5.92 Å². The number of hydrogen-bond acceptors (Lipinski definition) is 4. The van der Waals surface area contributed by atoms with Crippen LogP contribution >= 0.6 is 9.90 Å². The van der Waals surface area contributed by atoms with E-state index in [0.29, 0.717) is 19.3 Å². The van der Waals surface area contributed by atoms with E-state index in [1.165, 1.54) is 0 Å². The van der Waals surface area contributed by atoms with Gasteiger partial charge in [-0.3, -0.25) is 14.4 Å². The molecule has 0 radical (unpaired) electrons. The van der Waals surface area contributed by atoms with Crippen molar-refractivity contribution in [3.8, 4) is 0 Å². The van der Waals surface area contributed by atoms with E-state index in [-0.39, 0.29) is 35.3 Å². The molecule has 0 N–H and O–H groups in total. The number of carbonyl (C=O) groups excluding carboxylic acids is 3. The number of esters is 1. The van der Waals surface area contributed by atoms with E-state index in [2.05, 4.69) is 0 Å². The number of ketones is 2. The fraction of sp³-hybridized carbons (Fsp3) is 0.786. The van der Waals surface area contributed by atoms with Crippen LogP contribution in [-0.2, 0) is 19.1 Å². The number of rotatable bonds is 8. The molecule has 0 aromatic heterocycles. The Labute approximate surface area is 120 Å². The van der Waals surface area contributed by atoms with Crippen LogP contribution < -0.4 is 0 Å². The summed E-state index contributed by atoms with van der Waals surface area (Å²) in [6.45, 7) is 6.90. The van der Waals surface area contributed by atoms with Gasteiger partial charge in [-0.2, -0.15) is 9.90 Å². The number of ether oxygens (including phenoxy) is 1. The third-order valence-corrected chi connectivity index (χ3v) is 2.79. The Morgan fingerprint density at radius 2 is 1.58 bits per heavy atom. The van der Waals surface area contributed by atoms with Gasteiger partial charge in [0.25, 0.3) is 0 Å². The van der Waals surface area contributed by atoms with Gasteiger partial charge in [0.1, 0.15) is 5.78 Å². The molecule has 0 bridgehead atoms. The summed E-state index contributed by atoms with van der Waals surface area (Å²) in [7, 11) is 0. The van der Waals surface area contributed by atoms with Crippen molar-refractivity contribution in [1.82, 2.24) is 0 Å². The smallest absolute Gasteiger partial charge is 0.310 e. The maximum Gasteiger partial charge on any atom is 0.310 e. The Kier molecular flexibility index (Phi) is 15.1. The van der Waals surface area contributed by atoms with Gasteiger partial charge in [-0.15, -0.1) is 0 Å². The molecule has 0 aliphatic carbocycles. The Hall–Kier alpha value is -0.760. The molecule has 0 saturated carbocycles. The second kappa shape index (κ2) is 12.3. The Bertz CT molecular complexity index is 289. The molecule has 0 aliphatic rings. The molecule has 0 spiro atoms. The zero-order chi connectivity index (χ0) is 13.4. The predicted molar refractivity (Wildman–Crippen MR) is 82.4 cm³/mol. The minimum atomic E-state index is -0.710. The molecule has 5 heteroatoms. The molecule has 0 fully saturated rings. The van der Waals surface area contributed by atoms with Crippen LogP contribution in [0.3, 0.4) is 0 Å². The highest BCUT2D eigenvalue weighted by molar-refractivity contribution is 6.92. The van der Waals surface area contributed by atoms with Gasteiger partial charge in [-0.25, -0.2) is 0 Å². The molecule has 0 aromatic carbocycles. The number of Topliss-reactive ketones (excluding diaryl/α,β-unsaturated/α-hetero) is 2. The summed E-state index contributed by atoms with van der Waals surface area (Å²) in [5, 5.41) is 0. The van der Waals surface area contributed by atoms with Crippen molar-refractivity contribution in [2.75, 3.05) is 0 Å². The van der Waals surface area contributed by atoms with Gasteiger partial charge in [-0.05, 0) is 13.3 Å². The third-order valence-electron chi connectivity index (χ3n) is 2.79. The standard InChI is InChI=1S/C13H22O4.CH4.H3P/c1-5-10(8-11(14)6-2)13(16)17-9(4)12(15)7-3;;/h9-10H,5-8H2,1-4H3;1H4;1H3/t9?,10-;;/m1../s1. The average Bonchev–Trinajstić information content (AvgIpc) is 2.33. The number of hydrogen-bond donors (Lipinski definition) is 0. The van der Waals surface area contributed by atoms with Crippen LogP contribution in [0.2, 0.25) is 0 Å². The Morgan fingerprint density at radius 1 is 1.05 bits per heavy atom. The normalized spacial score (nSPS) is 12.4. The zero-order valence-electron chi connectivity index (χ0n) is 11.8. The van der Waals surface area contributed by atoms with E-state index in [9.17, 15) is 14.4 Å². The van der Waals surface area contributed by atoms with Crippen molar-refractivity contribution in [3.05, 3.63) is 0 Å². The molecule has 19 heavy (non-hydrogen) atoms. The first-order valence-corrected chi connectivity index (χ1v) is 6.21. The monoisotopic (exact) mass is 292 g/mol. The van der Waals surface area contributed by atoms with Crippen LogP contribution in [-0.4, -0.2) is 23.6 Å². The topological polar surface area (TPSA) is 60.4 Å². The molecule has 0 aliphatic heterocycles. The second-order valence-corrected chi connectivity index (χ2v) is 4.10. The van der Waals surface area contributed by atoms with Crippen molar-refractivity contribution >= 4 is 27.4 Å². The predicted octanol–water partition coefficient (Wildman–Crippen LogP) is 2.99. The molecule has 0 heterocycles. The first-order valence-electron chi connectivity index (χ1n) is 6.21. The van der Waals surface area contributed by atoms with Crippen molar-refractivity contribution in [2.24, 2.45) is 5.92 Å². The summed E-state index contributed by atoms with van der Waals surface area (Å²) >= 11 is 0. The van der Waals surface area contributed by atoms with Gasteiger partial charge in [0, 0.05) is 19.3 Å². The summed E-state index contributed by atoms with van der Waals surface area (Å²) < 4.78 is 5.06. The van der Waals surface area contributed by atoms with Crippen LogP contribution in [0.15, 0.2) is 0 Å². The van der Waals surface area contributed by atoms with Gasteiger partial charge in [0.05, 0.1) is 5.92 Å². The fourth-order valence-electron chi connectivity index (χ4n) is 1.44. The van der Waals surface area contributed by atoms with E-state index in [4.69, 9.17) is 4.74 Å². The van der Waals surface area contributed by atoms with Gasteiger partial charge in [0.2, 0.25) is 0 Å². The minimum absolute atomic E-state index is 0. The lowest BCUT2D eigenvalue weighted by atomic mass is 9.98. The van der Waals surface area contributed by atoms with Crippen LogP contribution in [0.25, 0.3) is 0 Å². The number of carbonyl (C=O) groups is 3. The summed E-state index contributed by atoms with van der Waals surface area (Å²) in [5.41, 5.74) is 0. The van der Waals surface area contributed by atoms with E-state index >= 15 is 0 Å². The first-order chi connectivity index (χ1) is 7.96. The highest BCUT2D eigenvalue weighted by Gasteiger charge is 2.24. The van der Waals surface area contributed by atoms with Gasteiger partial charge < -0.3 is 4.74 Å². The highest BCUT2D eigenvalue weighted by atomic mass is 31.0. The zero-order valence-corrected chi connectivity index (χ0v) is 13.2. The van der Waals surface area contributed by atoms with E-state index in [0.717, 1.165) is 0 Å². The molecule has 0 amide bonds. The van der Waals surface area contributed by atoms with Crippen molar-refractivity contribution in [2.45, 2.75) is 66.9 Å². The molecule has 3 atom stereocenters. The molecule has 0 rings (SSSR count). The maximum absolute atomic E-state index is 11.7. The van der Waals surface area contributed by atoms with Gasteiger partial charge >= 0.3 is 5.97 Å². The lowest BCUT2D eigenvalue weighted by molar-refractivity contribution is -0.159. The van der Waals surface area contributed by atoms with E-state index in [1.54, 1.807) is 20.8 Å². The highest BCUT2D eigenvalue weighted by Crippen LogP contribution is 2.14. The first kappa shape index (κ1) is 23.3. The van der Waals surface area contributed by atoms with Crippen LogP contribution in [0.5, 0.6) is 0 Å². The Balaban J connectivity index is -0.00000128. The summed E-state index contributed by atoms with van der Waals surface area (Å²) in [6.07, 6.45) is 0.821. The largest absolute Gasteiger partial charge is 0.454 e. The summed E-state index contributed by atoms with van der Waals surface area (Å²) in [4.78, 5) is 34.3. The quantitative estimate of drug-likeness (QED) is 0.509. The third kappa shape index (κ3) is 8.88. The second-order valence-electron chi connectivity index (χ2n) is 4.10. The van der Waals surface area contributed by atoms with Gasteiger partial charge in [0.15, 0.2) is 11.9 Å². The van der Waals surface area contributed by atoms with Gasteiger partial charge in [-0.1, -0.05) is 28.2 Å². The lowest BCUT2D eigenvalue weighted by Crippen LogP contribution is -2.28. The Morgan fingerprint density at radius 3 is 1.95 bits per heavy atom. The molecular formula is C14H29O4P. The molecule has 4 nitrogen and oxygen atoms in total. The van der Waals surface area contributed by atoms with Crippen molar-refractivity contribution in [3.63, 3.8) is 0 Å². The maximum atomic E-state index is 11.7. The van der Waals surface area contributed by atoms with Crippen molar-refractivity contribution < 1.29 is 19.1 Å². The SMILES string of the molecule is C.CCC(=O)C[C@@H](CC)C(=O)OC(C)C(=O)CC.P. The van der Waals surface area contributed by atoms with E-state index < -0.39 is 18.0 Å². The van der Waals surface area contributed by atoms with E-state index in [1.807, 2.05) is 6.92 Å². The summed E-state index contributed by atoms with van der Waals surface area (Å²) in [5.74, 6) is -0.920. The molecule has 0 saturated heterocycles. The molecule has 2 unspecified atom stereocenters. The fourth-order valence-corrected chi connectivity index (χ4v) is 1.44. The average molecular weight is 292 g/mol. The lowest BCUT2D eigenvalue weighted by Gasteiger charge is -2.16. The van der Waals surface area contributed by atoms with Crippen molar-refractivity contribution in [1.29, 1.82) is 0 Å². The van der Waals surface area contributed by atoms with Crippen LogP contribution in [0.1, 0.15) is 60.8 Å². The molecular weight excluding hydrogens is 263 g/mol. The molecule has 0 aromatic rings. The minimum Gasteiger partial charge on any atom is -0.454 e. The molecule has 114 valence electrons. The summed E-state index contributed by atoms with van der Waals surface area (Å²) in [6, 6.07) is 0. The van der Waals surface area contributed by atoms with Crippen LogP contribution in [0.4, 0.5) is 0 Å².